The van der Waals surface area contributed by atoms with E-state index >= 15 is 0 Å². The number of hydrogen-bond acceptors (Lipinski definition) is 4. The van der Waals surface area contributed by atoms with Crippen molar-refractivity contribution in [3.8, 4) is 11.4 Å². The molecule has 0 radical (unpaired) electrons. The molecule has 19 heavy (non-hydrogen) atoms. The number of hydrogen-bond donors (Lipinski definition) is 1. The van der Waals surface area contributed by atoms with E-state index in [0.717, 1.165) is 28.2 Å². The van der Waals surface area contributed by atoms with Crippen molar-refractivity contribution in [2.45, 2.75) is 6.92 Å². The monoisotopic (exact) mass is 254 g/mol. The molecule has 96 valence electrons. The first-order chi connectivity index (χ1) is 9.20. The molecule has 0 spiro atoms. The van der Waals surface area contributed by atoms with Crippen molar-refractivity contribution in [3.05, 3.63) is 42.1 Å². The Morgan fingerprint density at radius 3 is 2.89 bits per heavy atom. The predicted molar refractivity (Wildman–Crippen MR) is 74.6 cm³/mol. The van der Waals surface area contributed by atoms with Crippen LogP contribution in [-0.4, -0.2) is 21.6 Å². The largest absolute Gasteiger partial charge is 0.495 e. The van der Waals surface area contributed by atoms with Gasteiger partial charge in [0.05, 0.1) is 12.8 Å². The van der Waals surface area contributed by atoms with Crippen LogP contribution in [0.5, 0.6) is 5.75 Å². The summed E-state index contributed by atoms with van der Waals surface area (Å²) in [6, 6.07) is 9.64. The minimum Gasteiger partial charge on any atom is -0.495 e. The van der Waals surface area contributed by atoms with Gasteiger partial charge in [-0.25, -0.2) is 9.97 Å². The highest BCUT2D eigenvalue weighted by molar-refractivity contribution is 5.77. The first kappa shape index (κ1) is 11.5. The number of rotatable bonds is 2. The molecule has 3 rings (SSSR count). The molecule has 2 heterocycles. The Bertz CT molecular complexity index is 748. The highest BCUT2D eigenvalue weighted by Gasteiger charge is 2.14. The highest BCUT2D eigenvalue weighted by Crippen LogP contribution is 2.29. The number of aromatic nitrogens is 3. The Morgan fingerprint density at radius 1 is 1.26 bits per heavy atom. The van der Waals surface area contributed by atoms with E-state index in [1.54, 1.807) is 17.9 Å². The van der Waals surface area contributed by atoms with Gasteiger partial charge in [0.15, 0.2) is 5.65 Å². The van der Waals surface area contributed by atoms with Crippen LogP contribution in [0.25, 0.3) is 16.9 Å². The lowest BCUT2D eigenvalue weighted by Crippen LogP contribution is -2.03. The summed E-state index contributed by atoms with van der Waals surface area (Å²) in [5.41, 5.74) is 9.48. The van der Waals surface area contributed by atoms with E-state index in [4.69, 9.17) is 10.5 Å². The minimum atomic E-state index is 0.401. The van der Waals surface area contributed by atoms with Crippen molar-refractivity contribution in [2.24, 2.45) is 0 Å². The zero-order chi connectivity index (χ0) is 13.4. The molecule has 0 aliphatic carbocycles. The van der Waals surface area contributed by atoms with Gasteiger partial charge in [-0.05, 0) is 36.8 Å². The molecule has 5 heteroatoms. The van der Waals surface area contributed by atoms with Crippen molar-refractivity contribution < 1.29 is 4.74 Å². The van der Waals surface area contributed by atoms with Gasteiger partial charge in [0.25, 0.3) is 0 Å². The van der Waals surface area contributed by atoms with Gasteiger partial charge in [-0.1, -0.05) is 6.07 Å². The van der Waals surface area contributed by atoms with Gasteiger partial charge in [-0.3, -0.25) is 4.57 Å². The number of ether oxygens (including phenoxy) is 1. The van der Waals surface area contributed by atoms with Crippen molar-refractivity contribution in [2.75, 3.05) is 12.8 Å². The molecule has 0 atom stereocenters. The number of pyridine rings is 1. The van der Waals surface area contributed by atoms with Gasteiger partial charge in [-0.15, -0.1) is 0 Å². The minimum absolute atomic E-state index is 0.401. The summed E-state index contributed by atoms with van der Waals surface area (Å²) >= 11 is 0. The molecule has 0 aliphatic heterocycles. The summed E-state index contributed by atoms with van der Waals surface area (Å²) in [6.07, 6.45) is 1.72. The third kappa shape index (κ3) is 1.79. The second kappa shape index (κ2) is 4.28. The van der Waals surface area contributed by atoms with Crippen LogP contribution >= 0.6 is 0 Å². The maximum atomic E-state index is 6.02. The number of nitrogen functional groups attached to an aromatic ring is 1. The van der Waals surface area contributed by atoms with Gasteiger partial charge in [-0.2, -0.15) is 0 Å². The summed E-state index contributed by atoms with van der Waals surface area (Å²) in [7, 11) is 1.64. The number of anilines is 1. The molecule has 0 bridgehead atoms. The first-order valence-corrected chi connectivity index (χ1v) is 5.94. The molecule has 0 fully saturated rings. The van der Waals surface area contributed by atoms with E-state index in [-0.39, 0.29) is 0 Å². The number of nitrogens with zero attached hydrogens (tertiary/aromatic N) is 3. The smallest absolute Gasteiger partial charge is 0.207 e. The average molecular weight is 254 g/mol. The van der Waals surface area contributed by atoms with E-state index in [1.165, 1.54) is 0 Å². The van der Waals surface area contributed by atoms with E-state index < -0.39 is 0 Å². The Kier molecular flexibility index (Phi) is 2.59. The van der Waals surface area contributed by atoms with Gasteiger partial charge < -0.3 is 10.5 Å². The van der Waals surface area contributed by atoms with Gasteiger partial charge >= 0.3 is 0 Å². The third-order valence-corrected chi connectivity index (χ3v) is 3.02. The highest BCUT2D eigenvalue weighted by atomic mass is 16.5. The quantitative estimate of drug-likeness (QED) is 0.762. The fourth-order valence-corrected chi connectivity index (χ4v) is 2.14. The lowest BCUT2D eigenvalue weighted by Gasteiger charge is -2.11. The lowest BCUT2D eigenvalue weighted by atomic mass is 10.2. The fraction of sp³-hybridized carbons (Fsp3) is 0.143. The van der Waals surface area contributed by atoms with Crippen LogP contribution in [0.2, 0.25) is 0 Å². The van der Waals surface area contributed by atoms with Gasteiger partial charge in [0.2, 0.25) is 5.95 Å². The van der Waals surface area contributed by atoms with E-state index in [1.807, 2.05) is 37.3 Å². The zero-order valence-corrected chi connectivity index (χ0v) is 10.8. The number of fused-ring (bicyclic) bond motifs is 1. The molecular formula is C14H14N4O. The van der Waals surface area contributed by atoms with Crippen molar-refractivity contribution in [1.29, 1.82) is 0 Å². The van der Waals surface area contributed by atoms with E-state index in [2.05, 4.69) is 9.97 Å². The second-order valence-electron chi connectivity index (χ2n) is 4.33. The topological polar surface area (TPSA) is 66.0 Å². The fourth-order valence-electron chi connectivity index (χ4n) is 2.14. The Labute approximate surface area is 110 Å². The predicted octanol–water partition coefficient (Wildman–Crippen LogP) is 2.32. The molecule has 0 amide bonds. The maximum Gasteiger partial charge on any atom is 0.207 e. The number of nitrogens with two attached hydrogens (primary N) is 1. The molecule has 0 saturated carbocycles. The number of benzene rings is 1. The van der Waals surface area contributed by atoms with Gasteiger partial charge in [0, 0.05) is 6.20 Å². The Hall–Kier alpha value is -2.56. The van der Waals surface area contributed by atoms with Crippen LogP contribution in [-0.2, 0) is 0 Å². The summed E-state index contributed by atoms with van der Waals surface area (Å²) in [5.74, 6) is 1.14. The Morgan fingerprint density at radius 2 is 2.11 bits per heavy atom. The lowest BCUT2D eigenvalue weighted by molar-refractivity contribution is 0.413. The summed E-state index contributed by atoms with van der Waals surface area (Å²) in [5, 5.41) is 0. The van der Waals surface area contributed by atoms with Crippen LogP contribution < -0.4 is 10.5 Å². The van der Waals surface area contributed by atoms with Crippen molar-refractivity contribution in [3.63, 3.8) is 0 Å². The summed E-state index contributed by atoms with van der Waals surface area (Å²) < 4.78 is 7.20. The number of methoxy groups -OCH3 is 1. The van der Waals surface area contributed by atoms with Crippen LogP contribution in [0.15, 0.2) is 36.5 Å². The summed E-state index contributed by atoms with van der Waals surface area (Å²) in [4.78, 5) is 8.67. The van der Waals surface area contributed by atoms with E-state index in [0.29, 0.717) is 5.95 Å². The summed E-state index contributed by atoms with van der Waals surface area (Å²) in [6.45, 7) is 2.02. The van der Waals surface area contributed by atoms with Crippen LogP contribution in [0.3, 0.4) is 0 Å². The molecule has 1 aromatic carbocycles. The number of imidazole rings is 1. The van der Waals surface area contributed by atoms with Gasteiger partial charge in [0.1, 0.15) is 11.3 Å². The molecule has 2 N–H and O–H groups in total. The van der Waals surface area contributed by atoms with Crippen LogP contribution in [0.4, 0.5) is 5.95 Å². The molecule has 5 nitrogen and oxygen atoms in total. The van der Waals surface area contributed by atoms with E-state index in [9.17, 15) is 0 Å². The first-order valence-electron chi connectivity index (χ1n) is 5.94. The number of aryl methyl sites for hydroxylation is 1. The van der Waals surface area contributed by atoms with Crippen LogP contribution in [0, 0.1) is 6.92 Å². The Balaban J connectivity index is 2.35. The zero-order valence-electron chi connectivity index (χ0n) is 10.8. The molecule has 2 aromatic heterocycles. The van der Waals surface area contributed by atoms with Crippen molar-refractivity contribution in [1.82, 2.24) is 14.5 Å². The molecule has 0 aliphatic rings. The molecule has 0 saturated heterocycles. The standard InChI is InChI=1S/C14H14N4O/c1-9-5-6-12(19-2)11(8-9)18-13-10(17-14(18)15)4-3-7-16-13/h3-8H,1-2H3,(H2,15,17). The SMILES string of the molecule is COc1ccc(C)cc1-n1c(N)nc2cccnc21. The average Bonchev–Trinajstić information content (AvgIpc) is 2.74. The maximum absolute atomic E-state index is 6.02. The van der Waals surface area contributed by atoms with Crippen molar-refractivity contribution >= 4 is 17.1 Å². The molecule has 3 aromatic rings. The van der Waals surface area contributed by atoms with Crippen LogP contribution in [0.1, 0.15) is 5.56 Å². The third-order valence-electron chi connectivity index (χ3n) is 3.02. The molecule has 0 unspecified atom stereocenters. The molecular weight excluding hydrogens is 240 g/mol. The second-order valence-corrected chi connectivity index (χ2v) is 4.33. The normalized spacial score (nSPS) is 10.8.